The van der Waals surface area contributed by atoms with E-state index in [-0.39, 0.29) is 23.4 Å². The maximum atomic E-state index is 11.8. The first-order valence-corrected chi connectivity index (χ1v) is 5.40. The van der Waals surface area contributed by atoms with Crippen molar-refractivity contribution in [3.05, 3.63) is 0 Å². The number of piperidine rings is 1. The van der Waals surface area contributed by atoms with E-state index in [0.29, 0.717) is 0 Å². The van der Waals surface area contributed by atoms with Gasteiger partial charge in [0.1, 0.15) is 0 Å². The first kappa shape index (κ1) is 11.5. The number of carbonyl (C=O) groups excluding carboxylic acids is 1. The van der Waals surface area contributed by atoms with Gasteiger partial charge in [0.05, 0.1) is 6.04 Å². The van der Waals surface area contributed by atoms with E-state index in [0.717, 1.165) is 19.4 Å². The van der Waals surface area contributed by atoms with E-state index in [1.807, 2.05) is 4.90 Å². The number of hydrogen-bond acceptors (Lipinski definition) is 2. The number of likely N-dealkylation sites (tertiary alicyclic amines) is 1. The van der Waals surface area contributed by atoms with Gasteiger partial charge in [0.25, 0.3) is 0 Å². The van der Waals surface area contributed by atoms with E-state index in [1.165, 1.54) is 0 Å². The zero-order valence-corrected chi connectivity index (χ0v) is 9.71. The lowest BCUT2D eigenvalue weighted by Gasteiger charge is -2.41. The van der Waals surface area contributed by atoms with Gasteiger partial charge in [-0.15, -0.1) is 0 Å². The normalized spacial score (nSPS) is 26.5. The Balaban J connectivity index is 2.72. The highest BCUT2D eigenvalue weighted by molar-refractivity contribution is 5.82. The molecular weight excluding hydrogens is 176 g/mol. The summed E-state index contributed by atoms with van der Waals surface area (Å²) >= 11 is 0. The molecule has 0 aliphatic carbocycles. The monoisotopic (exact) mass is 198 g/mol. The summed E-state index contributed by atoms with van der Waals surface area (Å²) in [5.74, 6) is 0.124. The molecule has 3 nitrogen and oxygen atoms in total. The molecule has 1 heterocycles. The Morgan fingerprint density at radius 1 is 1.50 bits per heavy atom. The molecule has 0 aromatic rings. The highest BCUT2D eigenvalue weighted by Crippen LogP contribution is 2.26. The average Bonchev–Trinajstić information content (AvgIpc) is 2.07. The van der Waals surface area contributed by atoms with E-state index < -0.39 is 0 Å². The van der Waals surface area contributed by atoms with Gasteiger partial charge in [-0.2, -0.15) is 0 Å². The summed E-state index contributed by atoms with van der Waals surface area (Å²) in [4.78, 5) is 13.8. The van der Waals surface area contributed by atoms with Crippen LogP contribution in [0.4, 0.5) is 0 Å². The van der Waals surface area contributed by atoms with E-state index in [2.05, 4.69) is 27.7 Å². The van der Waals surface area contributed by atoms with E-state index >= 15 is 0 Å². The number of nitrogens with zero attached hydrogens (tertiary/aromatic N) is 1. The first-order valence-electron chi connectivity index (χ1n) is 5.40. The second-order valence-corrected chi connectivity index (χ2v) is 5.32. The fraction of sp³-hybridized carbons (Fsp3) is 0.909. The van der Waals surface area contributed by atoms with Crippen molar-refractivity contribution in [3.63, 3.8) is 0 Å². The molecule has 0 saturated carbocycles. The van der Waals surface area contributed by atoms with Gasteiger partial charge >= 0.3 is 0 Å². The fourth-order valence-corrected chi connectivity index (χ4v) is 1.78. The molecule has 3 heteroatoms. The van der Waals surface area contributed by atoms with Crippen LogP contribution >= 0.6 is 0 Å². The van der Waals surface area contributed by atoms with Crippen LogP contribution in [0.5, 0.6) is 0 Å². The van der Waals surface area contributed by atoms with Gasteiger partial charge in [-0.3, -0.25) is 4.79 Å². The van der Waals surface area contributed by atoms with Gasteiger partial charge in [-0.1, -0.05) is 20.8 Å². The van der Waals surface area contributed by atoms with Crippen LogP contribution in [0.25, 0.3) is 0 Å². The number of rotatable bonds is 1. The Hall–Kier alpha value is -0.570. The lowest BCUT2D eigenvalue weighted by molar-refractivity contribution is -0.139. The molecule has 0 spiro atoms. The zero-order chi connectivity index (χ0) is 10.9. The maximum absolute atomic E-state index is 11.8. The minimum absolute atomic E-state index is 0.124. The lowest BCUT2D eigenvalue weighted by Crippen LogP contribution is -2.54. The molecule has 0 aromatic heterocycles. The molecule has 1 aliphatic rings. The van der Waals surface area contributed by atoms with E-state index in [4.69, 9.17) is 5.73 Å². The molecule has 2 atom stereocenters. The van der Waals surface area contributed by atoms with E-state index in [9.17, 15) is 4.79 Å². The Morgan fingerprint density at radius 2 is 2.07 bits per heavy atom. The summed E-state index contributed by atoms with van der Waals surface area (Å²) in [5.41, 5.74) is 5.89. The van der Waals surface area contributed by atoms with Crippen LogP contribution in [0, 0.1) is 5.41 Å². The van der Waals surface area contributed by atoms with Gasteiger partial charge in [-0.25, -0.2) is 0 Å². The van der Waals surface area contributed by atoms with Crippen LogP contribution in [-0.4, -0.2) is 29.4 Å². The van der Waals surface area contributed by atoms with Gasteiger partial charge in [0, 0.05) is 12.6 Å². The molecule has 82 valence electrons. The SMILES string of the molecule is CC(N1CCCC(N)C1=O)C(C)(C)C. The molecule has 0 radical (unpaired) electrons. The minimum Gasteiger partial charge on any atom is -0.338 e. The van der Waals surface area contributed by atoms with Gasteiger partial charge in [0.2, 0.25) is 5.91 Å². The maximum Gasteiger partial charge on any atom is 0.239 e. The third-order valence-corrected chi connectivity index (χ3v) is 3.24. The number of nitrogens with two attached hydrogens (primary N) is 1. The molecule has 1 amide bonds. The third-order valence-electron chi connectivity index (χ3n) is 3.24. The summed E-state index contributed by atoms with van der Waals surface area (Å²) < 4.78 is 0. The van der Waals surface area contributed by atoms with Gasteiger partial charge in [0.15, 0.2) is 0 Å². The third kappa shape index (κ3) is 2.27. The van der Waals surface area contributed by atoms with Crippen molar-refractivity contribution in [1.29, 1.82) is 0 Å². The number of carbonyl (C=O) groups is 1. The van der Waals surface area contributed by atoms with Crippen LogP contribution in [0.15, 0.2) is 0 Å². The predicted molar refractivity (Wildman–Crippen MR) is 57.8 cm³/mol. The highest BCUT2D eigenvalue weighted by atomic mass is 16.2. The fourth-order valence-electron chi connectivity index (χ4n) is 1.78. The molecular formula is C11H22N2O. The van der Waals surface area contributed by atoms with Crippen LogP contribution in [0.2, 0.25) is 0 Å². The first-order chi connectivity index (χ1) is 6.34. The summed E-state index contributed by atoms with van der Waals surface area (Å²) in [7, 11) is 0. The van der Waals surface area contributed by atoms with Crippen molar-refractivity contribution in [2.45, 2.75) is 52.6 Å². The highest BCUT2D eigenvalue weighted by Gasteiger charge is 2.34. The summed E-state index contributed by atoms with van der Waals surface area (Å²) in [5, 5.41) is 0. The van der Waals surface area contributed by atoms with Crippen LogP contribution in [0.3, 0.4) is 0 Å². The Bertz CT molecular complexity index is 220. The van der Waals surface area contributed by atoms with E-state index in [1.54, 1.807) is 0 Å². The van der Waals surface area contributed by atoms with Crippen LogP contribution < -0.4 is 5.73 Å². The van der Waals surface area contributed by atoms with Gasteiger partial charge < -0.3 is 10.6 Å². The van der Waals surface area contributed by atoms with Crippen molar-refractivity contribution in [1.82, 2.24) is 4.90 Å². The predicted octanol–water partition coefficient (Wildman–Crippen LogP) is 1.37. The molecule has 2 unspecified atom stereocenters. The average molecular weight is 198 g/mol. The summed E-state index contributed by atoms with van der Waals surface area (Å²) in [6, 6.07) is -0.00472. The van der Waals surface area contributed by atoms with Crippen molar-refractivity contribution >= 4 is 5.91 Å². The van der Waals surface area contributed by atoms with Crippen LogP contribution in [0.1, 0.15) is 40.5 Å². The molecule has 1 aliphatic heterocycles. The topological polar surface area (TPSA) is 46.3 Å². The van der Waals surface area contributed by atoms with Crippen molar-refractivity contribution in [2.75, 3.05) is 6.54 Å². The standard InChI is InChI=1S/C11H22N2O/c1-8(11(2,3)4)13-7-5-6-9(12)10(13)14/h8-9H,5-7,12H2,1-4H3. The smallest absolute Gasteiger partial charge is 0.239 e. The molecule has 1 saturated heterocycles. The molecule has 0 aromatic carbocycles. The molecule has 14 heavy (non-hydrogen) atoms. The Kier molecular flexibility index (Phi) is 3.20. The largest absolute Gasteiger partial charge is 0.338 e. The summed E-state index contributed by atoms with van der Waals surface area (Å²) in [6.07, 6.45) is 1.87. The van der Waals surface area contributed by atoms with Crippen molar-refractivity contribution in [2.24, 2.45) is 11.1 Å². The van der Waals surface area contributed by atoms with Gasteiger partial charge in [-0.05, 0) is 25.2 Å². The number of amides is 1. The molecule has 0 bridgehead atoms. The molecule has 1 rings (SSSR count). The second-order valence-electron chi connectivity index (χ2n) is 5.32. The number of hydrogen-bond donors (Lipinski definition) is 1. The molecule has 1 fully saturated rings. The lowest BCUT2D eigenvalue weighted by atomic mass is 9.85. The van der Waals surface area contributed by atoms with Crippen molar-refractivity contribution < 1.29 is 4.79 Å². The summed E-state index contributed by atoms with van der Waals surface area (Å²) in [6.45, 7) is 9.45. The molecule has 2 N–H and O–H groups in total. The second kappa shape index (κ2) is 3.89. The quantitative estimate of drug-likeness (QED) is 0.691. The minimum atomic E-state index is -0.270. The Labute approximate surface area is 86.6 Å². The Morgan fingerprint density at radius 3 is 2.57 bits per heavy atom. The van der Waals surface area contributed by atoms with Crippen LogP contribution in [-0.2, 0) is 4.79 Å². The zero-order valence-electron chi connectivity index (χ0n) is 9.71. The van der Waals surface area contributed by atoms with Crippen molar-refractivity contribution in [3.8, 4) is 0 Å².